The van der Waals surface area contributed by atoms with E-state index >= 15 is 0 Å². The van der Waals surface area contributed by atoms with E-state index in [0.717, 1.165) is 13.1 Å². The molecule has 2 rings (SSSR count). The summed E-state index contributed by atoms with van der Waals surface area (Å²) in [5, 5.41) is 3.58. The fourth-order valence-corrected chi connectivity index (χ4v) is 2.84. The third kappa shape index (κ3) is 4.60. The highest BCUT2D eigenvalue weighted by Gasteiger charge is 2.10. The maximum absolute atomic E-state index is 3.58. The van der Waals surface area contributed by atoms with Gasteiger partial charge in [-0.15, -0.1) is 0 Å². The second kappa shape index (κ2) is 7.80. The molecule has 2 nitrogen and oxygen atoms in total. The van der Waals surface area contributed by atoms with E-state index in [9.17, 15) is 0 Å². The molecule has 1 N–H and O–H groups in total. The summed E-state index contributed by atoms with van der Waals surface area (Å²) >= 11 is 0. The van der Waals surface area contributed by atoms with E-state index in [2.05, 4.69) is 49.3 Å². The summed E-state index contributed by atoms with van der Waals surface area (Å²) in [7, 11) is 2.21. The number of nitrogens with zero attached hydrogens (tertiary/aromatic N) is 1. The predicted molar refractivity (Wildman–Crippen MR) is 87.2 cm³/mol. The van der Waals surface area contributed by atoms with Gasteiger partial charge in [-0.25, -0.2) is 0 Å². The minimum atomic E-state index is 0.661. The zero-order chi connectivity index (χ0) is 14.4. The number of benzene rings is 1. The minimum Gasteiger partial charge on any atom is -0.313 e. The molecule has 0 fully saturated rings. The van der Waals surface area contributed by atoms with Crippen molar-refractivity contribution in [3.63, 3.8) is 0 Å². The van der Waals surface area contributed by atoms with Crippen LogP contribution in [0.15, 0.2) is 18.2 Å². The van der Waals surface area contributed by atoms with Crippen molar-refractivity contribution in [2.24, 2.45) is 0 Å². The van der Waals surface area contributed by atoms with Crippen molar-refractivity contribution in [2.75, 3.05) is 20.1 Å². The van der Waals surface area contributed by atoms with Crippen LogP contribution in [0.1, 0.15) is 49.8 Å². The number of fused-ring (bicyclic) bond motifs is 1. The van der Waals surface area contributed by atoms with Gasteiger partial charge in [0.2, 0.25) is 0 Å². The second-order valence-corrected chi connectivity index (χ2v) is 6.41. The Morgan fingerprint density at radius 2 is 1.95 bits per heavy atom. The normalized spacial score (nSPS) is 14.2. The highest BCUT2D eigenvalue weighted by Crippen LogP contribution is 2.22. The molecule has 1 aliphatic carbocycles. The maximum atomic E-state index is 3.58. The van der Waals surface area contributed by atoms with Crippen molar-refractivity contribution in [2.45, 2.75) is 58.5 Å². The van der Waals surface area contributed by atoms with Crippen LogP contribution in [-0.4, -0.2) is 31.1 Å². The monoisotopic (exact) mass is 274 g/mol. The molecule has 0 bridgehead atoms. The summed E-state index contributed by atoms with van der Waals surface area (Å²) in [6.45, 7) is 7.87. The number of nitrogens with one attached hydrogen (secondary N) is 1. The maximum Gasteiger partial charge on any atom is 0.0205 e. The van der Waals surface area contributed by atoms with Crippen LogP contribution in [0, 0.1) is 0 Å². The lowest BCUT2D eigenvalue weighted by Gasteiger charge is -2.20. The summed E-state index contributed by atoms with van der Waals surface area (Å²) in [6.07, 6.45) is 6.46. The standard InChI is InChI=1S/C18H30N2/c1-15(2)20(3)12-5-4-11-19-14-16-9-10-17-7-6-8-18(17)13-16/h9-10,13,15,19H,4-8,11-12,14H2,1-3H3. The van der Waals surface area contributed by atoms with Gasteiger partial charge in [-0.05, 0) is 82.8 Å². The van der Waals surface area contributed by atoms with Crippen molar-refractivity contribution in [1.82, 2.24) is 10.2 Å². The smallest absolute Gasteiger partial charge is 0.0205 e. The van der Waals surface area contributed by atoms with Gasteiger partial charge >= 0.3 is 0 Å². The Labute approximate surface area is 124 Å². The van der Waals surface area contributed by atoms with Gasteiger partial charge in [-0.3, -0.25) is 0 Å². The Bertz CT molecular complexity index is 412. The number of unbranched alkanes of at least 4 members (excludes halogenated alkanes) is 1. The van der Waals surface area contributed by atoms with Crippen LogP contribution in [0.5, 0.6) is 0 Å². The topological polar surface area (TPSA) is 15.3 Å². The van der Waals surface area contributed by atoms with Crippen LogP contribution in [0.25, 0.3) is 0 Å². The Balaban J connectivity index is 1.59. The van der Waals surface area contributed by atoms with Crippen LogP contribution >= 0.6 is 0 Å². The third-order valence-electron chi connectivity index (χ3n) is 4.49. The molecule has 20 heavy (non-hydrogen) atoms. The molecule has 112 valence electrons. The first kappa shape index (κ1) is 15.5. The molecular formula is C18H30N2. The molecular weight excluding hydrogens is 244 g/mol. The van der Waals surface area contributed by atoms with Crippen LogP contribution in [0.3, 0.4) is 0 Å². The van der Waals surface area contributed by atoms with Crippen molar-refractivity contribution < 1.29 is 0 Å². The summed E-state index contributed by atoms with van der Waals surface area (Å²) in [6, 6.07) is 7.69. The van der Waals surface area contributed by atoms with Gasteiger partial charge in [-0.2, -0.15) is 0 Å². The van der Waals surface area contributed by atoms with E-state index in [0.29, 0.717) is 6.04 Å². The van der Waals surface area contributed by atoms with E-state index < -0.39 is 0 Å². The van der Waals surface area contributed by atoms with Crippen molar-refractivity contribution >= 4 is 0 Å². The zero-order valence-electron chi connectivity index (χ0n) is 13.4. The number of hydrogen-bond donors (Lipinski definition) is 1. The molecule has 0 heterocycles. The Morgan fingerprint density at radius 3 is 2.75 bits per heavy atom. The largest absolute Gasteiger partial charge is 0.313 e. The first-order valence-electron chi connectivity index (χ1n) is 8.18. The third-order valence-corrected chi connectivity index (χ3v) is 4.49. The second-order valence-electron chi connectivity index (χ2n) is 6.41. The molecule has 0 amide bonds. The fraction of sp³-hybridized carbons (Fsp3) is 0.667. The average Bonchev–Trinajstić information content (AvgIpc) is 2.89. The van der Waals surface area contributed by atoms with Gasteiger partial charge in [0, 0.05) is 12.6 Å². The molecule has 0 atom stereocenters. The quantitative estimate of drug-likeness (QED) is 0.731. The molecule has 0 saturated carbocycles. The lowest BCUT2D eigenvalue weighted by atomic mass is 10.1. The van der Waals surface area contributed by atoms with E-state index in [1.807, 2.05) is 0 Å². The van der Waals surface area contributed by atoms with Gasteiger partial charge in [0.05, 0.1) is 0 Å². The molecule has 0 radical (unpaired) electrons. The molecule has 0 saturated heterocycles. The van der Waals surface area contributed by atoms with Gasteiger partial charge in [0.25, 0.3) is 0 Å². The van der Waals surface area contributed by atoms with Crippen LogP contribution in [0.2, 0.25) is 0 Å². The summed E-state index contributed by atoms with van der Waals surface area (Å²) in [4.78, 5) is 2.42. The van der Waals surface area contributed by atoms with Crippen molar-refractivity contribution in [3.8, 4) is 0 Å². The Hall–Kier alpha value is -0.860. The van der Waals surface area contributed by atoms with Gasteiger partial charge < -0.3 is 10.2 Å². The number of hydrogen-bond acceptors (Lipinski definition) is 2. The first-order valence-corrected chi connectivity index (χ1v) is 8.18. The molecule has 0 aliphatic heterocycles. The SMILES string of the molecule is CC(C)N(C)CCCCNCc1ccc2c(c1)CCC2. The van der Waals surface area contributed by atoms with Gasteiger partial charge in [0.15, 0.2) is 0 Å². The van der Waals surface area contributed by atoms with E-state index in [4.69, 9.17) is 0 Å². The van der Waals surface area contributed by atoms with Gasteiger partial charge in [-0.1, -0.05) is 18.2 Å². The number of aryl methyl sites for hydroxylation is 2. The molecule has 1 aliphatic rings. The van der Waals surface area contributed by atoms with Crippen molar-refractivity contribution in [3.05, 3.63) is 34.9 Å². The Kier molecular flexibility index (Phi) is 6.06. The van der Waals surface area contributed by atoms with Gasteiger partial charge in [0.1, 0.15) is 0 Å². The zero-order valence-corrected chi connectivity index (χ0v) is 13.4. The molecule has 1 aromatic rings. The lowest BCUT2D eigenvalue weighted by Crippen LogP contribution is -2.27. The van der Waals surface area contributed by atoms with Crippen LogP contribution in [-0.2, 0) is 19.4 Å². The molecule has 1 aromatic carbocycles. The highest BCUT2D eigenvalue weighted by molar-refractivity contribution is 5.35. The molecule has 0 unspecified atom stereocenters. The fourth-order valence-electron chi connectivity index (χ4n) is 2.84. The predicted octanol–water partition coefficient (Wildman–Crippen LogP) is 3.39. The van der Waals surface area contributed by atoms with Crippen LogP contribution < -0.4 is 5.32 Å². The Morgan fingerprint density at radius 1 is 1.15 bits per heavy atom. The first-order chi connectivity index (χ1) is 9.66. The lowest BCUT2D eigenvalue weighted by molar-refractivity contribution is 0.268. The highest BCUT2D eigenvalue weighted by atomic mass is 15.1. The van der Waals surface area contributed by atoms with Crippen molar-refractivity contribution in [1.29, 1.82) is 0 Å². The number of rotatable bonds is 8. The molecule has 0 spiro atoms. The van der Waals surface area contributed by atoms with Crippen LogP contribution in [0.4, 0.5) is 0 Å². The van der Waals surface area contributed by atoms with E-state index in [1.165, 1.54) is 44.2 Å². The molecule has 0 aromatic heterocycles. The van der Waals surface area contributed by atoms with E-state index in [1.54, 1.807) is 11.1 Å². The minimum absolute atomic E-state index is 0.661. The summed E-state index contributed by atoms with van der Waals surface area (Å²) < 4.78 is 0. The average molecular weight is 274 g/mol. The van der Waals surface area contributed by atoms with E-state index in [-0.39, 0.29) is 0 Å². The summed E-state index contributed by atoms with van der Waals surface area (Å²) in [5.74, 6) is 0. The molecule has 2 heteroatoms. The summed E-state index contributed by atoms with van der Waals surface area (Å²) in [5.41, 5.74) is 4.61.